The molecule has 1 heterocycles. The molecule has 0 radical (unpaired) electrons. The van der Waals surface area contributed by atoms with Crippen LogP contribution in [0.5, 0.6) is 0 Å². The second kappa shape index (κ2) is 6.04. The third-order valence-electron chi connectivity index (χ3n) is 2.73. The van der Waals surface area contributed by atoms with E-state index in [9.17, 15) is 0 Å². The third kappa shape index (κ3) is 3.97. The Morgan fingerprint density at radius 3 is 2.50 bits per heavy atom. The molecular weight excluding hydrogens is 198 g/mol. The Hall–Kier alpha value is -0.830. The van der Waals surface area contributed by atoms with Crippen LogP contribution in [0.4, 0.5) is 0 Å². The number of nitrogens with one attached hydrogen (secondary N) is 1. The number of hydrogen-bond acceptors (Lipinski definition) is 2. The summed E-state index contributed by atoms with van der Waals surface area (Å²) in [5.41, 5.74) is 1.28. The van der Waals surface area contributed by atoms with E-state index in [0.29, 0.717) is 12.1 Å². The summed E-state index contributed by atoms with van der Waals surface area (Å²) in [7, 11) is 0. The minimum absolute atomic E-state index is 0.517. The summed E-state index contributed by atoms with van der Waals surface area (Å²) in [5.74, 6) is 0.725. The molecule has 1 aromatic heterocycles. The average Bonchev–Trinajstić information content (AvgIpc) is 2.61. The highest BCUT2D eigenvalue weighted by atomic mass is 15.1. The van der Waals surface area contributed by atoms with Gasteiger partial charge >= 0.3 is 0 Å². The fraction of sp³-hybridized carbons (Fsp3) is 0.769. The third-order valence-corrected chi connectivity index (χ3v) is 2.73. The highest BCUT2D eigenvalue weighted by Gasteiger charge is 2.11. The van der Waals surface area contributed by atoms with Crippen molar-refractivity contribution in [2.45, 2.75) is 59.7 Å². The van der Waals surface area contributed by atoms with E-state index in [4.69, 9.17) is 0 Å². The van der Waals surface area contributed by atoms with Gasteiger partial charge in [-0.05, 0) is 19.3 Å². The maximum absolute atomic E-state index is 4.25. The second-order valence-corrected chi connectivity index (χ2v) is 5.31. The molecule has 3 nitrogen and oxygen atoms in total. The van der Waals surface area contributed by atoms with Crippen molar-refractivity contribution >= 4 is 0 Å². The number of hydrogen-bond donors (Lipinski definition) is 1. The first-order valence-corrected chi connectivity index (χ1v) is 6.24. The van der Waals surface area contributed by atoms with Crippen molar-refractivity contribution in [1.82, 2.24) is 14.9 Å². The van der Waals surface area contributed by atoms with Crippen LogP contribution in [-0.4, -0.2) is 15.6 Å². The van der Waals surface area contributed by atoms with Crippen LogP contribution >= 0.6 is 0 Å². The van der Waals surface area contributed by atoms with Crippen molar-refractivity contribution in [1.29, 1.82) is 0 Å². The maximum Gasteiger partial charge on any atom is 0.0951 e. The molecule has 0 aromatic carbocycles. The summed E-state index contributed by atoms with van der Waals surface area (Å²) < 4.78 is 2.29. The van der Waals surface area contributed by atoms with Crippen LogP contribution in [0.15, 0.2) is 12.5 Å². The Balaban J connectivity index is 2.62. The number of nitrogens with zero attached hydrogens (tertiary/aromatic N) is 2. The first kappa shape index (κ1) is 13.2. The van der Waals surface area contributed by atoms with Gasteiger partial charge in [-0.1, -0.05) is 27.7 Å². The lowest BCUT2D eigenvalue weighted by molar-refractivity contribution is 0.413. The summed E-state index contributed by atoms with van der Waals surface area (Å²) in [5, 5.41) is 3.44. The standard InChI is InChI=1S/C13H25N3/c1-10(2)6-12(5)16-9-14-7-13(16)8-15-11(3)4/h7,9-12,15H,6,8H2,1-5H3. The molecule has 3 heteroatoms. The van der Waals surface area contributed by atoms with Crippen molar-refractivity contribution in [2.75, 3.05) is 0 Å². The van der Waals surface area contributed by atoms with Gasteiger partial charge in [-0.15, -0.1) is 0 Å². The lowest BCUT2D eigenvalue weighted by Gasteiger charge is -2.19. The van der Waals surface area contributed by atoms with E-state index in [2.05, 4.69) is 49.5 Å². The quantitative estimate of drug-likeness (QED) is 0.803. The van der Waals surface area contributed by atoms with Crippen LogP contribution in [0, 0.1) is 5.92 Å². The van der Waals surface area contributed by atoms with Crippen LogP contribution in [0.1, 0.15) is 52.8 Å². The highest BCUT2D eigenvalue weighted by molar-refractivity contribution is 5.00. The van der Waals surface area contributed by atoms with Crippen LogP contribution in [0.2, 0.25) is 0 Å². The zero-order valence-corrected chi connectivity index (χ0v) is 11.2. The minimum atomic E-state index is 0.517. The summed E-state index contributed by atoms with van der Waals surface area (Å²) in [6.07, 6.45) is 5.11. The van der Waals surface area contributed by atoms with Gasteiger partial charge in [0, 0.05) is 24.8 Å². The Kier molecular flexibility index (Phi) is 5.00. The van der Waals surface area contributed by atoms with Crippen molar-refractivity contribution < 1.29 is 0 Å². The molecule has 1 atom stereocenters. The average molecular weight is 223 g/mol. The molecule has 16 heavy (non-hydrogen) atoms. The van der Waals surface area contributed by atoms with Gasteiger partial charge in [0.15, 0.2) is 0 Å². The topological polar surface area (TPSA) is 29.9 Å². The normalized spacial score (nSPS) is 13.7. The fourth-order valence-electron chi connectivity index (χ4n) is 1.97. The van der Waals surface area contributed by atoms with Gasteiger partial charge in [-0.25, -0.2) is 4.98 Å². The van der Waals surface area contributed by atoms with Gasteiger partial charge in [0.05, 0.1) is 12.0 Å². The molecule has 1 unspecified atom stereocenters. The smallest absolute Gasteiger partial charge is 0.0951 e. The fourth-order valence-corrected chi connectivity index (χ4v) is 1.97. The predicted molar refractivity (Wildman–Crippen MR) is 68.4 cm³/mol. The number of rotatable bonds is 6. The van der Waals surface area contributed by atoms with Crippen molar-refractivity contribution in [3.05, 3.63) is 18.2 Å². The summed E-state index contributed by atoms with van der Waals surface area (Å²) in [4.78, 5) is 4.25. The van der Waals surface area contributed by atoms with Crippen molar-refractivity contribution in [2.24, 2.45) is 5.92 Å². The first-order chi connectivity index (χ1) is 7.50. The van der Waals surface area contributed by atoms with Crippen molar-refractivity contribution in [3.63, 3.8) is 0 Å². The van der Waals surface area contributed by atoms with Gasteiger partial charge in [0.2, 0.25) is 0 Å². The van der Waals surface area contributed by atoms with Crippen molar-refractivity contribution in [3.8, 4) is 0 Å². The van der Waals surface area contributed by atoms with Gasteiger partial charge < -0.3 is 9.88 Å². The zero-order chi connectivity index (χ0) is 12.1. The molecule has 0 amide bonds. The largest absolute Gasteiger partial charge is 0.331 e. The lowest BCUT2D eigenvalue weighted by Crippen LogP contribution is -2.24. The molecule has 1 aromatic rings. The summed E-state index contributed by atoms with van der Waals surface area (Å²) >= 11 is 0. The van der Waals surface area contributed by atoms with Crippen LogP contribution in [0.3, 0.4) is 0 Å². The molecular formula is C13H25N3. The Labute approximate surface area is 99.3 Å². The molecule has 1 N–H and O–H groups in total. The summed E-state index contributed by atoms with van der Waals surface area (Å²) in [6.45, 7) is 12.0. The minimum Gasteiger partial charge on any atom is -0.331 e. The van der Waals surface area contributed by atoms with Gasteiger partial charge in [0.1, 0.15) is 0 Å². The molecule has 0 saturated heterocycles. The zero-order valence-electron chi connectivity index (χ0n) is 11.2. The Bertz CT molecular complexity index is 302. The SMILES string of the molecule is CC(C)CC(C)n1cncc1CNC(C)C. The van der Waals surface area contributed by atoms with E-state index in [1.54, 1.807) is 0 Å². The highest BCUT2D eigenvalue weighted by Crippen LogP contribution is 2.18. The van der Waals surface area contributed by atoms with Gasteiger partial charge in [-0.3, -0.25) is 0 Å². The second-order valence-electron chi connectivity index (χ2n) is 5.31. The Morgan fingerprint density at radius 1 is 1.25 bits per heavy atom. The number of imidazole rings is 1. The van der Waals surface area contributed by atoms with Crippen LogP contribution < -0.4 is 5.32 Å². The molecule has 0 spiro atoms. The monoisotopic (exact) mass is 223 g/mol. The molecule has 0 bridgehead atoms. The molecule has 92 valence electrons. The molecule has 0 aliphatic rings. The molecule has 0 fully saturated rings. The van der Waals surface area contributed by atoms with E-state index in [-0.39, 0.29) is 0 Å². The van der Waals surface area contributed by atoms with E-state index in [1.807, 2.05) is 12.5 Å². The van der Waals surface area contributed by atoms with Gasteiger partial charge in [-0.2, -0.15) is 0 Å². The maximum atomic E-state index is 4.25. The van der Waals surface area contributed by atoms with E-state index < -0.39 is 0 Å². The Morgan fingerprint density at radius 2 is 1.94 bits per heavy atom. The molecule has 0 aliphatic heterocycles. The lowest BCUT2D eigenvalue weighted by atomic mass is 10.1. The molecule has 0 aliphatic carbocycles. The van der Waals surface area contributed by atoms with Gasteiger partial charge in [0.25, 0.3) is 0 Å². The van der Waals surface area contributed by atoms with Crippen LogP contribution in [0.25, 0.3) is 0 Å². The first-order valence-electron chi connectivity index (χ1n) is 6.24. The van der Waals surface area contributed by atoms with E-state index >= 15 is 0 Å². The van der Waals surface area contributed by atoms with Crippen LogP contribution in [-0.2, 0) is 6.54 Å². The number of aromatic nitrogens is 2. The summed E-state index contributed by atoms with van der Waals surface area (Å²) in [6, 6.07) is 1.05. The molecule has 1 rings (SSSR count). The van der Waals surface area contributed by atoms with E-state index in [1.165, 1.54) is 12.1 Å². The predicted octanol–water partition coefficient (Wildman–Crippen LogP) is 2.99. The van der Waals surface area contributed by atoms with E-state index in [0.717, 1.165) is 12.5 Å². The molecule has 0 saturated carbocycles.